The van der Waals surface area contributed by atoms with E-state index in [0.29, 0.717) is 18.6 Å². The third-order valence-corrected chi connectivity index (χ3v) is 5.88. The lowest BCUT2D eigenvalue weighted by atomic mass is 10.0. The van der Waals surface area contributed by atoms with Crippen molar-refractivity contribution in [3.63, 3.8) is 0 Å². The van der Waals surface area contributed by atoms with Gasteiger partial charge in [0.2, 0.25) is 0 Å². The van der Waals surface area contributed by atoms with Gasteiger partial charge in [-0.3, -0.25) is 9.79 Å². The Morgan fingerprint density at radius 3 is 2.72 bits per heavy atom. The fourth-order valence-corrected chi connectivity index (χ4v) is 4.27. The van der Waals surface area contributed by atoms with Gasteiger partial charge in [0.1, 0.15) is 5.78 Å². The number of hydrogen-bond donors (Lipinski definition) is 0. The van der Waals surface area contributed by atoms with E-state index in [2.05, 4.69) is 64.5 Å². The van der Waals surface area contributed by atoms with Crippen molar-refractivity contribution in [1.82, 2.24) is 0 Å². The van der Waals surface area contributed by atoms with Crippen LogP contribution in [-0.4, -0.2) is 25.1 Å². The van der Waals surface area contributed by atoms with Crippen LogP contribution in [0.4, 0.5) is 5.69 Å². The molecule has 0 bridgehead atoms. The van der Waals surface area contributed by atoms with Gasteiger partial charge in [0.15, 0.2) is 0 Å². The molecule has 0 saturated heterocycles. The molecule has 0 atom stereocenters. The van der Waals surface area contributed by atoms with E-state index in [-0.39, 0.29) is 0 Å². The number of benzene rings is 2. The first-order valence-corrected chi connectivity index (χ1v) is 10.9. The first kappa shape index (κ1) is 19.6. The molecule has 0 amide bonds. The number of carbonyl (C=O) groups excluding carboxylic acids is 1. The lowest BCUT2D eigenvalue weighted by Crippen LogP contribution is -2.22. The van der Waals surface area contributed by atoms with Crippen molar-refractivity contribution in [2.24, 2.45) is 4.99 Å². The van der Waals surface area contributed by atoms with E-state index in [1.54, 1.807) is 0 Å². The second-order valence-electron chi connectivity index (χ2n) is 8.14. The predicted octanol–water partition coefficient (Wildman–Crippen LogP) is 5.32. The number of fused-ring (bicyclic) bond motifs is 1. The van der Waals surface area contributed by atoms with Crippen LogP contribution in [0.5, 0.6) is 0 Å². The third-order valence-electron chi connectivity index (χ3n) is 5.88. The number of nitrogens with zero attached hydrogens (tertiary/aromatic N) is 2. The highest BCUT2D eigenvalue weighted by molar-refractivity contribution is 5.81. The van der Waals surface area contributed by atoms with E-state index in [4.69, 9.17) is 0 Å². The highest BCUT2D eigenvalue weighted by Crippen LogP contribution is 2.30. The standard InChI is InChI=1S/C26H30N2O/c29-25(12-6-2-5-10-21-8-3-1-4-9-21)18-22-13-14-23-15-17-28(26(23)19-22)20-24-11-7-16-27-24/h1,3-4,8-9,11,13-14,16,19H,2,5-7,10,12,15,17-18,20H2. The maximum atomic E-state index is 12.5. The van der Waals surface area contributed by atoms with Crippen LogP contribution in [0, 0.1) is 0 Å². The fourth-order valence-electron chi connectivity index (χ4n) is 4.27. The number of ketones is 1. The first-order valence-electron chi connectivity index (χ1n) is 10.9. The van der Waals surface area contributed by atoms with Gasteiger partial charge in [-0.1, -0.05) is 55.0 Å². The predicted molar refractivity (Wildman–Crippen MR) is 121 cm³/mol. The van der Waals surface area contributed by atoms with Crippen LogP contribution in [0.15, 0.2) is 65.3 Å². The van der Waals surface area contributed by atoms with Crippen LogP contribution in [0.25, 0.3) is 0 Å². The lowest BCUT2D eigenvalue weighted by molar-refractivity contribution is -0.118. The molecule has 2 heterocycles. The van der Waals surface area contributed by atoms with Crippen LogP contribution in [-0.2, 0) is 24.1 Å². The second-order valence-corrected chi connectivity index (χ2v) is 8.14. The highest BCUT2D eigenvalue weighted by Gasteiger charge is 2.21. The number of rotatable bonds is 10. The minimum atomic E-state index is 0.359. The molecule has 0 radical (unpaired) electrons. The highest BCUT2D eigenvalue weighted by atomic mass is 16.1. The Balaban J connectivity index is 1.23. The maximum Gasteiger partial charge on any atom is 0.137 e. The van der Waals surface area contributed by atoms with E-state index < -0.39 is 0 Å². The Labute approximate surface area is 174 Å². The number of carbonyl (C=O) groups is 1. The summed E-state index contributed by atoms with van der Waals surface area (Å²) in [4.78, 5) is 19.3. The molecular formula is C26H30N2O. The van der Waals surface area contributed by atoms with E-state index in [1.165, 1.54) is 16.8 Å². The van der Waals surface area contributed by atoms with Gasteiger partial charge in [0, 0.05) is 37.7 Å². The molecule has 0 aromatic heterocycles. The molecule has 2 aliphatic rings. The van der Waals surface area contributed by atoms with Crippen LogP contribution in [0.1, 0.15) is 48.8 Å². The van der Waals surface area contributed by atoms with Crippen molar-refractivity contribution in [2.45, 2.75) is 51.4 Å². The molecule has 2 aliphatic heterocycles. The molecule has 0 N–H and O–H groups in total. The van der Waals surface area contributed by atoms with Crippen molar-refractivity contribution in [3.8, 4) is 0 Å². The molecule has 4 rings (SSSR count). The van der Waals surface area contributed by atoms with Crippen LogP contribution >= 0.6 is 0 Å². The Morgan fingerprint density at radius 1 is 1.00 bits per heavy atom. The Morgan fingerprint density at radius 2 is 1.90 bits per heavy atom. The van der Waals surface area contributed by atoms with Crippen LogP contribution in [0.2, 0.25) is 0 Å². The summed E-state index contributed by atoms with van der Waals surface area (Å²) < 4.78 is 0. The minimum absolute atomic E-state index is 0.359. The van der Waals surface area contributed by atoms with E-state index in [0.717, 1.165) is 62.9 Å². The van der Waals surface area contributed by atoms with Gasteiger partial charge in [-0.15, -0.1) is 0 Å². The van der Waals surface area contributed by atoms with Crippen molar-refractivity contribution in [1.29, 1.82) is 0 Å². The normalized spacial score (nSPS) is 14.9. The molecule has 150 valence electrons. The Kier molecular flexibility index (Phi) is 6.56. The smallest absolute Gasteiger partial charge is 0.137 e. The molecule has 29 heavy (non-hydrogen) atoms. The molecule has 2 aromatic rings. The SMILES string of the molecule is O=C(CCCCCc1ccccc1)Cc1ccc2c(c1)N(CC1=CCC=N1)CC2. The summed E-state index contributed by atoms with van der Waals surface area (Å²) >= 11 is 0. The molecular weight excluding hydrogens is 356 g/mol. The Hall–Kier alpha value is -2.68. The average molecular weight is 387 g/mol. The molecule has 0 aliphatic carbocycles. The van der Waals surface area contributed by atoms with Crippen molar-refractivity contribution >= 4 is 17.7 Å². The Bertz CT molecular complexity index is 898. The number of allylic oxidation sites excluding steroid dienone is 1. The van der Waals surface area contributed by atoms with Gasteiger partial charge in [-0.25, -0.2) is 0 Å². The molecule has 0 fully saturated rings. The second kappa shape index (κ2) is 9.69. The fraction of sp³-hybridized carbons (Fsp3) is 0.385. The molecule has 3 heteroatoms. The summed E-state index contributed by atoms with van der Waals surface area (Å²) in [5.41, 5.74) is 6.38. The van der Waals surface area contributed by atoms with Gasteiger partial charge in [0.25, 0.3) is 0 Å². The van der Waals surface area contributed by atoms with Crippen molar-refractivity contribution < 1.29 is 4.79 Å². The van der Waals surface area contributed by atoms with Gasteiger partial charge in [-0.2, -0.15) is 0 Å². The molecule has 3 nitrogen and oxygen atoms in total. The number of hydrogen-bond acceptors (Lipinski definition) is 3. The number of anilines is 1. The zero-order valence-electron chi connectivity index (χ0n) is 17.1. The largest absolute Gasteiger partial charge is 0.365 e. The number of aliphatic imine (C=N–C) groups is 1. The summed E-state index contributed by atoms with van der Waals surface area (Å²) in [7, 11) is 0. The summed E-state index contributed by atoms with van der Waals surface area (Å²) in [6.45, 7) is 1.92. The summed E-state index contributed by atoms with van der Waals surface area (Å²) in [6, 6.07) is 17.2. The van der Waals surface area contributed by atoms with Gasteiger partial charge in [0.05, 0.1) is 12.2 Å². The van der Waals surface area contributed by atoms with E-state index in [1.807, 2.05) is 6.21 Å². The zero-order valence-corrected chi connectivity index (χ0v) is 17.1. The molecule has 0 saturated carbocycles. The van der Waals surface area contributed by atoms with Gasteiger partial charge in [-0.05, 0) is 48.4 Å². The average Bonchev–Trinajstić information content (AvgIpc) is 3.39. The summed E-state index contributed by atoms with van der Waals surface area (Å²) in [6.07, 6.45) is 11.8. The number of Topliss-reactive ketones (excluding diaryl/α,β-unsaturated/α-hetero) is 1. The lowest BCUT2D eigenvalue weighted by Gasteiger charge is -2.19. The van der Waals surface area contributed by atoms with Crippen molar-refractivity contribution in [3.05, 3.63) is 77.0 Å². The summed E-state index contributed by atoms with van der Waals surface area (Å²) in [5.74, 6) is 0.359. The van der Waals surface area contributed by atoms with Gasteiger partial charge >= 0.3 is 0 Å². The van der Waals surface area contributed by atoms with Crippen LogP contribution < -0.4 is 4.90 Å². The van der Waals surface area contributed by atoms with Gasteiger partial charge < -0.3 is 4.90 Å². The third kappa shape index (κ3) is 5.44. The maximum absolute atomic E-state index is 12.5. The first-order chi connectivity index (χ1) is 14.3. The molecule has 0 spiro atoms. The van der Waals surface area contributed by atoms with E-state index >= 15 is 0 Å². The van der Waals surface area contributed by atoms with Crippen molar-refractivity contribution in [2.75, 3.05) is 18.0 Å². The number of unbranched alkanes of at least 4 members (excludes halogenated alkanes) is 2. The van der Waals surface area contributed by atoms with Crippen LogP contribution in [0.3, 0.4) is 0 Å². The summed E-state index contributed by atoms with van der Waals surface area (Å²) in [5, 5.41) is 0. The molecule has 2 aromatic carbocycles. The topological polar surface area (TPSA) is 32.7 Å². The zero-order chi connectivity index (χ0) is 19.9. The quantitative estimate of drug-likeness (QED) is 0.518. The van der Waals surface area contributed by atoms with E-state index in [9.17, 15) is 4.79 Å². The molecule has 0 unspecified atom stereocenters. The minimum Gasteiger partial charge on any atom is -0.365 e. The number of aryl methyl sites for hydroxylation is 1. The monoisotopic (exact) mass is 386 g/mol.